The number of hydrogen-bond acceptors (Lipinski definition) is 3. The Morgan fingerprint density at radius 2 is 1.62 bits per heavy atom. The number of fused-ring (bicyclic) bond motifs is 1. The van der Waals surface area contributed by atoms with E-state index in [1.165, 1.54) is 0 Å². The van der Waals surface area contributed by atoms with Gasteiger partial charge in [0.1, 0.15) is 11.9 Å². The molecule has 0 radical (unpaired) electrons. The molecule has 8 heteroatoms. The lowest BCUT2D eigenvalue weighted by atomic mass is 10.1. The average molecular weight is 473 g/mol. The van der Waals surface area contributed by atoms with Crippen LogP contribution in [0, 0.1) is 0 Å². The van der Waals surface area contributed by atoms with Gasteiger partial charge in [0, 0.05) is 39.5 Å². The topological polar surface area (TPSA) is 58.4 Å². The van der Waals surface area contributed by atoms with Gasteiger partial charge in [0.05, 0.1) is 21.1 Å². The number of hydrogen-bond donors (Lipinski definition) is 0. The van der Waals surface area contributed by atoms with Crippen molar-refractivity contribution < 1.29 is 9.59 Å². The van der Waals surface area contributed by atoms with E-state index in [4.69, 9.17) is 28.2 Å². The predicted octanol–water partition coefficient (Wildman–Crippen LogP) is 4.58. The van der Waals surface area contributed by atoms with Gasteiger partial charge in [-0.05, 0) is 24.1 Å². The quantitative estimate of drug-likeness (QED) is 0.545. The van der Waals surface area contributed by atoms with Crippen LogP contribution in [0.3, 0.4) is 0 Å². The van der Waals surface area contributed by atoms with Gasteiger partial charge in [0.15, 0.2) is 0 Å². The second kappa shape index (κ2) is 9.51. The minimum absolute atomic E-state index is 0.0374. The Morgan fingerprint density at radius 1 is 1.00 bits per heavy atom. The highest BCUT2D eigenvalue weighted by Gasteiger charge is 2.31. The predicted molar refractivity (Wildman–Crippen MR) is 127 cm³/mol. The molecule has 1 aromatic heterocycles. The molecule has 2 aromatic carbocycles. The molecule has 2 amide bonds. The Labute approximate surface area is 197 Å². The molecular formula is C24H26Cl2N4O2. The van der Waals surface area contributed by atoms with Gasteiger partial charge < -0.3 is 14.4 Å². The Balaban J connectivity index is 1.73. The van der Waals surface area contributed by atoms with Crippen molar-refractivity contribution in [3.05, 3.63) is 63.9 Å². The first-order valence-corrected chi connectivity index (χ1v) is 11.6. The number of imidazole rings is 1. The lowest BCUT2D eigenvalue weighted by molar-refractivity contribution is -0.140. The summed E-state index contributed by atoms with van der Waals surface area (Å²) in [6, 6.07) is 13.2. The highest BCUT2D eigenvalue weighted by molar-refractivity contribution is 6.42. The van der Waals surface area contributed by atoms with Crippen LogP contribution in [0.15, 0.2) is 42.5 Å². The van der Waals surface area contributed by atoms with Crippen molar-refractivity contribution >= 4 is 46.0 Å². The van der Waals surface area contributed by atoms with Crippen LogP contribution in [0.25, 0.3) is 11.0 Å². The van der Waals surface area contributed by atoms with Crippen LogP contribution in [0.2, 0.25) is 10.0 Å². The number of rotatable bonds is 5. The number of aromatic nitrogens is 2. The smallest absolute Gasteiger partial charge is 0.245 e. The van der Waals surface area contributed by atoms with E-state index in [0.29, 0.717) is 49.1 Å². The molecule has 2 heterocycles. The van der Waals surface area contributed by atoms with E-state index in [0.717, 1.165) is 22.4 Å². The Hall–Kier alpha value is -2.57. The molecule has 0 spiro atoms. The first kappa shape index (κ1) is 22.6. The zero-order valence-electron chi connectivity index (χ0n) is 18.2. The first-order valence-electron chi connectivity index (χ1n) is 10.8. The summed E-state index contributed by atoms with van der Waals surface area (Å²) in [6.07, 6.45) is 1.20. The van der Waals surface area contributed by atoms with Crippen LogP contribution in [0.1, 0.15) is 37.7 Å². The third-order valence-corrected chi connectivity index (χ3v) is 6.75. The second-order valence-electron chi connectivity index (χ2n) is 8.07. The van der Waals surface area contributed by atoms with Crippen molar-refractivity contribution in [1.29, 1.82) is 0 Å². The second-order valence-corrected chi connectivity index (χ2v) is 8.89. The molecule has 1 atom stereocenters. The molecule has 32 heavy (non-hydrogen) atoms. The van der Waals surface area contributed by atoms with Gasteiger partial charge in [-0.15, -0.1) is 0 Å². The molecule has 0 saturated carbocycles. The summed E-state index contributed by atoms with van der Waals surface area (Å²) in [5.41, 5.74) is 2.63. The van der Waals surface area contributed by atoms with Gasteiger partial charge in [-0.3, -0.25) is 9.59 Å². The number of benzene rings is 2. The number of carbonyl (C=O) groups excluding carboxylic acids is 2. The maximum absolute atomic E-state index is 13.6. The van der Waals surface area contributed by atoms with Crippen LogP contribution in [0.4, 0.5) is 0 Å². The van der Waals surface area contributed by atoms with E-state index < -0.39 is 6.04 Å². The molecule has 3 aromatic rings. The molecule has 0 N–H and O–H groups in total. The molecule has 168 valence electrons. The Bertz CT molecular complexity index is 1140. The number of carbonyl (C=O) groups is 2. The van der Waals surface area contributed by atoms with Gasteiger partial charge >= 0.3 is 0 Å². The fourth-order valence-electron chi connectivity index (χ4n) is 4.31. The highest BCUT2D eigenvalue weighted by atomic mass is 35.5. The fourth-order valence-corrected chi connectivity index (χ4v) is 4.63. The van der Waals surface area contributed by atoms with E-state index in [1.807, 2.05) is 46.7 Å². The minimum Gasteiger partial charge on any atom is -0.339 e. The van der Waals surface area contributed by atoms with Crippen LogP contribution in [-0.2, 0) is 16.0 Å². The SMILES string of the molecule is CC[C@H](C(=O)N1CCN(C(C)=O)CC1)n1c(Cc2ccccc2)nc2cc(Cl)c(Cl)cc21. The maximum Gasteiger partial charge on any atom is 0.245 e. The zero-order chi connectivity index (χ0) is 22.8. The zero-order valence-corrected chi connectivity index (χ0v) is 19.7. The molecule has 0 bridgehead atoms. The van der Waals surface area contributed by atoms with E-state index in [1.54, 1.807) is 24.0 Å². The largest absolute Gasteiger partial charge is 0.339 e. The van der Waals surface area contributed by atoms with Gasteiger partial charge in [0.2, 0.25) is 11.8 Å². The maximum atomic E-state index is 13.6. The van der Waals surface area contributed by atoms with Crippen molar-refractivity contribution in [2.24, 2.45) is 0 Å². The van der Waals surface area contributed by atoms with Gasteiger partial charge in [-0.1, -0.05) is 60.5 Å². The summed E-state index contributed by atoms with van der Waals surface area (Å²) in [5, 5.41) is 0.874. The molecule has 0 aliphatic carbocycles. The van der Waals surface area contributed by atoms with Crippen molar-refractivity contribution in [1.82, 2.24) is 19.4 Å². The van der Waals surface area contributed by atoms with E-state index in [9.17, 15) is 9.59 Å². The van der Waals surface area contributed by atoms with E-state index >= 15 is 0 Å². The molecule has 4 rings (SSSR count). The third-order valence-electron chi connectivity index (χ3n) is 6.03. The molecule has 1 fully saturated rings. The lowest BCUT2D eigenvalue weighted by Crippen LogP contribution is -2.51. The summed E-state index contributed by atoms with van der Waals surface area (Å²) in [5.74, 6) is 0.879. The fraction of sp³-hybridized carbons (Fsp3) is 0.375. The van der Waals surface area contributed by atoms with Crippen LogP contribution in [0.5, 0.6) is 0 Å². The van der Waals surface area contributed by atoms with Gasteiger partial charge in [0.25, 0.3) is 0 Å². The average Bonchev–Trinajstić information content (AvgIpc) is 3.11. The summed E-state index contributed by atoms with van der Waals surface area (Å²) >= 11 is 12.6. The Morgan fingerprint density at radius 3 is 2.25 bits per heavy atom. The third kappa shape index (κ3) is 4.48. The molecule has 6 nitrogen and oxygen atoms in total. The monoisotopic (exact) mass is 472 g/mol. The normalized spacial score (nSPS) is 15.2. The molecule has 0 unspecified atom stereocenters. The standard InChI is InChI=1S/C24H26Cl2N4O2/c1-3-21(24(32)29-11-9-28(10-12-29)16(2)31)30-22-15-19(26)18(25)14-20(22)27-23(30)13-17-7-5-4-6-8-17/h4-8,14-15,21H,3,9-13H2,1-2H3/t21-/m1/s1. The van der Waals surface area contributed by atoms with Crippen molar-refractivity contribution in [2.45, 2.75) is 32.7 Å². The highest BCUT2D eigenvalue weighted by Crippen LogP contribution is 2.32. The van der Waals surface area contributed by atoms with E-state index in [2.05, 4.69) is 0 Å². The molecular weight excluding hydrogens is 447 g/mol. The number of nitrogens with zero attached hydrogens (tertiary/aromatic N) is 4. The lowest BCUT2D eigenvalue weighted by Gasteiger charge is -2.36. The number of piperazine rings is 1. The molecule has 1 saturated heterocycles. The summed E-state index contributed by atoms with van der Waals surface area (Å²) < 4.78 is 2.02. The van der Waals surface area contributed by atoms with Crippen LogP contribution < -0.4 is 0 Å². The van der Waals surface area contributed by atoms with E-state index in [-0.39, 0.29) is 11.8 Å². The molecule has 1 aliphatic heterocycles. The molecule has 1 aliphatic rings. The summed E-state index contributed by atoms with van der Waals surface area (Å²) in [6.45, 7) is 5.74. The van der Waals surface area contributed by atoms with Gasteiger partial charge in [-0.2, -0.15) is 0 Å². The Kier molecular flexibility index (Phi) is 6.72. The number of amides is 2. The van der Waals surface area contributed by atoms with Crippen molar-refractivity contribution in [2.75, 3.05) is 26.2 Å². The minimum atomic E-state index is -0.417. The number of halogens is 2. The van der Waals surface area contributed by atoms with Gasteiger partial charge in [-0.25, -0.2) is 4.98 Å². The summed E-state index contributed by atoms with van der Waals surface area (Å²) in [4.78, 5) is 33.7. The van der Waals surface area contributed by atoms with Crippen molar-refractivity contribution in [3.63, 3.8) is 0 Å². The van der Waals surface area contributed by atoms with Crippen LogP contribution in [-0.4, -0.2) is 57.3 Å². The van der Waals surface area contributed by atoms with Crippen LogP contribution >= 0.6 is 23.2 Å². The summed E-state index contributed by atoms with van der Waals surface area (Å²) in [7, 11) is 0. The first-order chi connectivity index (χ1) is 15.4. The van der Waals surface area contributed by atoms with Crippen molar-refractivity contribution in [3.8, 4) is 0 Å².